The first-order valence-corrected chi connectivity index (χ1v) is 8.23. The number of methoxy groups -OCH3 is 4. The number of rotatable bonds is 8. The second kappa shape index (κ2) is 8.80. The fraction of sp³-hybridized carbons (Fsp3) is 0.333. The van der Waals surface area contributed by atoms with E-state index in [1.54, 1.807) is 28.4 Å². The van der Waals surface area contributed by atoms with Gasteiger partial charge in [-0.15, -0.1) is 0 Å². The molecule has 0 saturated heterocycles. The predicted octanol–water partition coefficient (Wildman–Crippen LogP) is 3.77. The molecule has 24 heavy (non-hydrogen) atoms. The van der Waals surface area contributed by atoms with Crippen LogP contribution in [0.3, 0.4) is 0 Å². The second-order valence-corrected chi connectivity index (χ2v) is 5.98. The Labute approximate surface area is 151 Å². The highest BCUT2D eigenvalue weighted by Crippen LogP contribution is 2.33. The van der Waals surface area contributed by atoms with Crippen LogP contribution >= 0.6 is 15.9 Å². The van der Waals surface area contributed by atoms with E-state index in [2.05, 4.69) is 21.2 Å². The molecule has 2 aromatic rings. The SMILES string of the molecule is COc1cc(CNCc2cc(OC)c(OC)cc2Br)cc(OC)c1. The lowest BCUT2D eigenvalue weighted by Crippen LogP contribution is -2.13. The Morgan fingerprint density at radius 2 is 1.33 bits per heavy atom. The van der Waals surface area contributed by atoms with Gasteiger partial charge in [0.25, 0.3) is 0 Å². The van der Waals surface area contributed by atoms with E-state index in [9.17, 15) is 0 Å². The molecule has 0 saturated carbocycles. The van der Waals surface area contributed by atoms with Gasteiger partial charge in [-0.3, -0.25) is 0 Å². The molecule has 6 heteroatoms. The fourth-order valence-corrected chi connectivity index (χ4v) is 2.80. The van der Waals surface area contributed by atoms with Crippen molar-refractivity contribution in [2.45, 2.75) is 13.1 Å². The van der Waals surface area contributed by atoms with Gasteiger partial charge in [0, 0.05) is 23.6 Å². The van der Waals surface area contributed by atoms with Crippen molar-refractivity contribution < 1.29 is 18.9 Å². The maximum atomic E-state index is 5.35. The molecule has 0 aliphatic carbocycles. The summed E-state index contributed by atoms with van der Waals surface area (Å²) >= 11 is 3.57. The molecule has 0 aliphatic heterocycles. The third-order valence-corrected chi connectivity index (χ3v) is 4.35. The van der Waals surface area contributed by atoms with E-state index < -0.39 is 0 Å². The molecule has 1 N–H and O–H groups in total. The van der Waals surface area contributed by atoms with Crippen molar-refractivity contribution in [1.29, 1.82) is 0 Å². The Morgan fingerprint density at radius 1 is 0.750 bits per heavy atom. The first-order valence-electron chi connectivity index (χ1n) is 7.44. The van der Waals surface area contributed by atoms with Crippen LogP contribution in [0.25, 0.3) is 0 Å². The van der Waals surface area contributed by atoms with E-state index >= 15 is 0 Å². The fourth-order valence-electron chi connectivity index (χ4n) is 2.34. The average Bonchev–Trinajstić information content (AvgIpc) is 2.62. The molecular weight excluding hydrogens is 374 g/mol. The first kappa shape index (κ1) is 18.4. The van der Waals surface area contributed by atoms with Crippen LogP contribution in [0.15, 0.2) is 34.8 Å². The van der Waals surface area contributed by atoms with E-state index in [0.717, 1.165) is 27.1 Å². The summed E-state index contributed by atoms with van der Waals surface area (Å²) in [5.41, 5.74) is 2.17. The minimum absolute atomic E-state index is 0.681. The van der Waals surface area contributed by atoms with Crippen LogP contribution < -0.4 is 24.3 Å². The third-order valence-electron chi connectivity index (χ3n) is 3.61. The third kappa shape index (κ3) is 4.55. The summed E-state index contributed by atoms with van der Waals surface area (Å²) in [7, 11) is 6.54. The van der Waals surface area contributed by atoms with E-state index in [4.69, 9.17) is 18.9 Å². The van der Waals surface area contributed by atoms with E-state index in [1.807, 2.05) is 30.3 Å². The monoisotopic (exact) mass is 395 g/mol. The van der Waals surface area contributed by atoms with Gasteiger partial charge in [0.1, 0.15) is 11.5 Å². The molecule has 0 fully saturated rings. The number of hydrogen-bond acceptors (Lipinski definition) is 5. The van der Waals surface area contributed by atoms with Gasteiger partial charge in [0.05, 0.1) is 28.4 Å². The minimum Gasteiger partial charge on any atom is -0.497 e. The van der Waals surface area contributed by atoms with Crippen molar-refractivity contribution in [3.63, 3.8) is 0 Å². The van der Waals surface area contributed by atoms with Crippen LogP contribution in [0.4, 0.5) is 0 Å². The Hall–Kier alpha value is -1.92. The Balaban J connectivity index is 2.07. The number of halogens is 1. The molecule has 0 spiro atoms. The molecule has 130 valence electrons. The van der Waals surface area contributed by atoms with Gasteiger partial charge in [0.2, 0.25) is 0 Å². The highest BCUT2D eigenvalue weighted by atomic mass is 79.9. The van der Waals surface area contributed by atoms with Crippen LogP contribution in [0, 0.1) is 0 Å². The molecule has 0 unspecified atom stereocenters. The molecule has 0 amide bonds. The van der Waals surface area contributed by atoms with Gasteiger partial charge in [0.15, 0.2) is 11.5 Å². The van der Waals surface area contributed by atoms with Gasteiger partial charge in [-0.2, -0.15) is 0 Å². The van der Waals surface area contributed by atoms with Crippen LogP contribution in [0.1, 0.15) is 11.1 Å². The minimum atomic E-state index is 0.681. The van der Waals surface area contributed by atoms with Gasteiger partial charge in [-0.05, 0) is 35.4 Å². The number of nitrogens with one attached hydrogen (secondary N) is 1. The Bertz CT molecular complexity index is 669. The Kier molecular flexibility index (Phi) is 6.75. The molecule has 0 bridgehead atoms. The lowest BCUT2D eigenvalue weighted by molar-refractivity contribution is 0.354. The summed E-state index contributed by atoms with van der Waals surface area (Å²) in [5, 5.41) is 3.41. The summed E-state index contributed by atoms with van der Waals surface area (Å²) < 4.78 is 22.2. The standard InChI is InChI=1S/C18H22BrNO4/c1-21-14-5-12(6-15(8-14)22-2)10-20-11-13-7-17(23-3)18(24-4)9-16(13)19/h5-9,20H,10-11H2,1-4H3. The molecule has 0 aliphatic rings. The maximum Gasteiger partial charge on any atom is 0.161 e. The molecule has 0 aromatic heterocycles. The van der Waals surface area contributed by atoms with Crippen LogP contribution in [0.5, 0.6) is 23.0 Å². The van der Waals surface area contributed by atoms with Crippen molar-refractivity contribution in [2.75, 3.05) is 28.4 Å². The molecule has 2 aromatic carbocycles. The van der Waals surface area contributed by atoms with Gasteiger partial charge >= 0.3 is 0 Å². The number of ether oxygens (including phenoxy) is 4. The van der Waals surface area contributed by atoms with Crippen molar-refractivity contribution in [2.24, 2.45) is 0 Å². The summed E-state index contributed by atoms with van der Waals surface area (Å²) in [6.07, 6.45) is 0. The van der Waals surface area contributed by atoms with E-state index in [1.165, 1.54) is 0 Å². The zero-order valence-corrected chi connectivity index (χ0v) is 15.9. The molecule has 5 nitrogen and oxygen atoms in total. The van der Waals surface area contributed by atoms with Crippen LogP contribution in [-0.2, 0) is 13.1 Å². The second-order valence-electron chi connectivity index (χ2n) is 5.12. The predicted molar refractivity (Wildman–Crippen MR) is 97.3 cm³/mol. The van der Waals surface area contributed by atoms with Crippen molar-refractivity contribution >= 4 is 15.9 Å². The first-order chi connectivity index (χ1) is 11.6. The maximum absolute atomic E-state index is 5.35. The average molecular weight is 396 g/mol. The van der Waals surface area contributed by atoms with Gasteiger partial charge in [-0.25, -0.2) is 0 Å². The zero-order valence-electron chi connectivity index (χ0n) is 14.3. The topological polar surface area (TPSA) is 49.0 Å². The molecule has 2 rings (SSSR count). The van der Waals surface area contributed by atoms with E-state index in [0.29, 0.717) is 24.6 Å². The van der Waals surface area contributed by atoms with Crippen molar-refractivity contribution in [3.8, 4) is 23.0 Å². The largest absolute Gasteiger partial charge is 0.497 e. The summed E-state index contributed by atoms with van der Waals surface area (Å²) in [6.45, 7) is 1.37. The lowest BCUT2D eigenvalue weighted by atomic mass is 10.1. The van der Waals surface area contributed by atoms with Gasteiger partial charge in [-0.1, -0.05) is 15.9 Å². The van der Waals surface area contributed by atoms with Crippen LogP contribution in [0.2, 0.25) is 0 Å². The summed E-state index contributed by atoms with van der Waals surface area (Å²) in [4.78, 5) is 0. The number of benzene rings is 2. The highest BCUT2D eigenvalue weighted by Gasteiger charge is 2.09. The molecule has 0 radical (unpaired) electrons. The quantitative estimate of drug-likeness (QED) is 0.736. The smallest absolute Gasteiger partial charge is 0.161 e. The molecule has 0 heterocycles. The van der Waals surface area contributed by atoms with Gasteiger partial charge < -0.3 is 24.3 Å². The summed E-state index contributed by atoms with van der Waals surface area (Å²) in [6, 6.07) is 9.69. The molecule has 0 atom stereocenters. The Morgan fingerprint density at radius 3 is 1.88 bits per heavy atom. The van der Waals surface area contributed by atoms with Crippen molar-refractivity contribution in [3.05, 3.63) is 45.9 Å². The zero-order chi connectivity index (χ0) is 17.5. The van der Waals surface area contributed by atoms with E-state index in [-0.39, 0.29) is 0 Å². The highest BCUT2D eigenvalue weighted by molar-refractivity contribution is 9.10. The van der Waals surface area contributed by atoms with Crippen molar-refractivity contribution in [1.82, 2.24) is 5.32 Å². The molecular formula is C18H22BrNO4. The lowest BCUT2D eigenvalue weighted by Gasteiger charge is -2.13. The van der Waals surface area contributed by atoms with Crippen LogP contribution in [-0.4, -0.2) is 28.4 Å². The number of hydrogen-bond donors (Lipinski definition) is 1. The normalized spacial score (nSPS) is 10.4. The summed E-state index contributed by atoms with van der Waals surface area (Å²) in [5.74, 6) is 2.96.